The molecular weight excluding hydrogens is 272 g/mol. The summed E-state index contributed by atoms with van der Waals surface area (Å²) in [5, 5.41) is 1.30. The molecule has 1 unspecified atom stereocenters. The maximum absolute atomic E-state index is 6.43. The van der Waals surface area contributed by atoms with E-state index in [1.807, 2.05) is 11.8 Å². The van der Waals surface area contributed by atoms with Gasteiger partial charge in [-0.2, -0.15) is 0 Å². The monoisotopic (exact) mass is 295 g/mol. The molecule has 0 fully saturated rings. The first-order valence-electron chi connectivity index (χ1n) is 6.17. The van der Waals surface area contributed by atoms with Gasteiger partial charge in [0, 0.05) is 0 Å². The van der Waals surface area contributed by atoms with Gasteiger partial charge < -0.3 is 8.23 Å². The zero-order valence-corrected chi connectivity index (χ0v) is 15.0. The summed E-state index contributed by atoms with van der Waals surface area (Å²) in [7, 11) is -4.92. The Labute approximate surface area is 115 Å². The fourth-order valence-electron chi connectivity index (χ4n) is 1.91. The van der Waals surface area contributed by atoms with Gasteiger partial charge in [-0.15, -0.1) is 6.58 Å². The van der Waals surface area contributed by atoms with Crippen LogP contribution in [0.2, 0.25) is 32.7 Å². The van der Waals surface area contributed by atoms with Crippen molar-refractivity contribution in [3.05, 3.63) is 42.6 Å². The quantitative estimate of drug-likeness (QED) is 0.751. The molecule has 0 heterocycles. The maximum atomic E-state index is 6.43. The van der Waals surface area contributed by atoms with Crippen LogP contribution in [0.25, 0.3) is 0 Å². The summed E-state index contributed by atoms with van der Waals surface area (Å²) in [6.45, 7) is 14.7. The normalized spacial score (nSPS) is 15.4. The highest BCUT2D eigenvalue weighted by Gasteiger charge is 2.38. The van der Waals surface area contributed by atoms with Crippen LogP contribution in [0, 0.1) is 0 Å². The molecule has 5 heteroatoms. The van der Waals surface area contributed by atoms with E-state index in [9.17, 15) is 0 Å². The van der Waals surface area contributed by atoms with Gasteiger partial charge in [-0.05, 0) is 37.9 Å². The number of rotatable bonds is 6. The Balaban J connectivity index is 2.90. The molecule has 0 N–H and O–H groups in total. The van der Waals surface area contributed by atoms with Crippen molar-refractivity contribution >= 4 is 31.1 Å². The van der Waals surface area contributed by atoms with Crippen LogP contribution in [-0.2, 0) is 8.23 Å². The van der Waals surface area contributed by atoms with Gasteiger partial charge >= 0.3 is 8.56 Å². The second kappa shape index (κ2) is 6.12. The van der Waals surface area contributed by atoms with Crippen LogP contribution < -0.4 is 5.19 Å². The molecule has 0 saturated heterocycles. The van der Waals surface area contributed by atoms with Crippen LogP contribution in [0.15, 0.2) is 42.6 Å². The van der Waals surface area contributed by atoms with Gasteiger partial charge in [0.1, 0.15) is 0 Å². The van der Waals surface area contributed by atoms with Crippen molar-refractivity contribution in [2.45, 2.75) is 32.7 Å². The van der Waals surface area contributed by atoms with Crippen LogP contribution in [-0.4, -0.2) is 25.9 Å². The highest BCUT2D eigenvalue weighted by atomic mass is 28.5. The molecule has 0 spiro atoms. The van der Waals surface area contributed by atoms with Crippen molar-refractivity contribution in [1.29, 1.82) is 0 Å². The predicted octanol–water partition coefficient (Wildman–Crippen LogP) is 3.18. The van der Waals surface area contributed by atoms with Crippen LogP contribution in [0.3, 0.4) is 0 Å². The highest BCUT2D eigenvalue weighted by molar-refractivity contribution is 6.93. The Kier molecular flexibility index (Phi) is 5.30. The number of hydrogen-bond donors (Lipinski definition) is 0. The first-order valence-corrected chi connectivity index (χ1v) is 13.9. The Morgan fingerprint density at radius 2 is 1.67 bits per heavy atom. The second-order valence-corrected chi connectivity index (χ2v) is 14.7. The van der Waals surface area contributed by atoms with Crippen molar-refractivity contribution in [1.82, 2.24) is 0 Å². The first kappa shape index (κ1) is 15.6. The van der Waals surface area contributed by atoms with Crippen molar-refractivity contribution in [3.8, 4) is 0 Å². The molecule has 0 aliphatic rings. The fourth-order valence-corrected chi connectivity index (χ4v) is 11.9. The van der Waals surface area contributed by atoms with E-state index in [0.717, 1.165) is 0 Å². The SMILES string of the molecule is C=C[Si](C)(O[Si](C)C)O[Si](C)(C)c1ccccc1. The van der Waals surface area contributed by atoms with E-state index in [1.54, 1.807) is 0 Å². The van der Waals surface area contributed by atoms with E-state index in [0.29, 0.717) is 0 Å². The van der Waals surface area contributed by atoms with Crippen LogP contribution in [0.4, 0.5) is 0 Å². The third-order valence-electron chi connectivity index (χ3n) is 2.70. The van der Waals surface area contributed by atoms with Gasteiger partial charge in [0.2, 0.25) is 8.32 Å². The van der Waals surface area contributed by atoms with Crippen LogP contribution in [0.5, 0.6) is 0 Å². The minimum Gasteiger partial charge on any atom is -0.433 e. The standard InChI is InChI=1S/C13H23O2Si3/c1-7-18(6,14-16(2)3)15-17(4,5)13-11-9-8-10-12-13/h7-12H,1H2,2-6H3. The zero-order chi connectivity index (χ0) is 13.8. The van der Waals surface area contributed by atoms with E-state index in [1.165, 1.54) is 5.19 Å². The molecule has 18 heavy (non-hydrogen) atoms. The van der Waals surface area contributed by atoms with Crippen molar-refractivity contribution in [3.63, 3.8) is 0 Å². The minimum absolute atomic E-state index is 0.769. The molecule has 2 nitrogen and oxygen atoms in total. The maximum Gasteiger partial charge on any atom is 0.340 e. The molecule has 1 aromatic rings. The van der Waals surface area contributed by atoms with Gasteiger partial charge in [-0.1, -0.05) is 36.0 Å². The van der Waals surface area contributed by atoms with Crippen molar-refractivity contribution in [2.75, 3.05) is 0 Å². The third-order valence-corrected chi connectivity index (χ3v) is 12.1. The molecule has 1 atom stereocenters. The van der Waals surface area contributed by atoms with E-state index < -0.39 is 25.9 Å². The Morgan fingerprint density at radius 1 is 1.11 bits per heavy atom. The molecule has 0 amide bonds. The van der Waals surface area contributed by atoms with Crippen molar-refractivity contribution < 1.29 is 8.23 Å². The summed E-state index contributed by atoms with van der Waals surface area (Å²) in [5.74, 6) is 0. The predicted molar refractivity (Wildman–Crippen MR) is 85.0 cm³/mol. The summed E-state index contributed by atoms with van der Waals surface area (Å²) >= 11 is 0. The molecule has 0 aromatic heterocycles. The van der Waals surface area contributed by atoms with Crippen molar-refractivity contribution in [2.24, 2.45) is 0 Å². The van der Waals surface area contributed by atoms with Crippen LogP contribution in [0.1, 0.15) is 0 Å². The molecule has 0 saturated carbocycles. The topological polar surface area (TPSA) is 18.5 Å². The van der Waals surface area contributed by atoms with E-state index in [-0.39, 0.29) is 0 Å². The van der Waals surface area contributed by atoms with E-state index in [4.69, 9.17) is 8.23 Å². The van der Waals surface area contributed by atoms with Gasteiger partial charge in [0.25, 0.3) is 0 Å². The molecule has 99 valence electrons. The van der Waals surface area contributed by atoms with E-state index >= 15 is 0 Å². The lowest BCUT2D eigenvalue weighted by molar-refractivity contribution is 0.415. The lowest BCUT2D eigenvalue weighted by Gasteiger charge is -2.35. The van der Waals surface area contributed by atoms with Crippen LogP contribution >= 0.6 is 0 Å². The van der Waals surface area contributed by atoms with Gasteiger partial charge in [0.05, 0.1) is 0 Å². The first-order chi connectivity index (χ1) is 8.29. The summed E-state index contributed by atoms with van der Waals surface area (Å²) in [4.78, 5) is 0. The molecule has 1 radical (unpaired) electrons. The Hall–Kier alpha value is -0.469. The summed E-state index contributed by atoms with van der Waals surface area (Å²) in [6, 6.07) is 10.5. The molecular formula is C13H23O2Si3. The second-order valence-electron chi connectivity index (χ2n) is 5.21. The average Bonchev–Trinajstić information content (AvgIpc) is 2.28. The highest BCUT2D eigenvalue weighted by Crippen LogP contribution is 2.17. The van der Waals surface area contributed by atoms with Gasteiger partial charge in [-0.25, -0.2) is 0 Å². The smallest absolute Gasteiger partial charge is 0.340 e. The number of hydrogen-bond acceptors (Lipinski definition) is 2. The summed E-state index contributed by atoms with van der Waals surface area (Å²) in [5.41, 5.74) is 1.91. The lowest BCUT2D eigenvalue weighted by Crippen LogP contribution is -2.55. The summed E-state index contributed by atoms with van der Waals surface area (Å²) in [6.07, 6.45) is 0. The zero-order valence-electron chi connectivity index (χ0n) is 12.0. The molecule has 0 aliphatic heterocycles. The Morgan fingerprint density at radius 3 is 2.11 bits per heavy atom. The third kappa shape index (κ3) is 4.33. The van der Waals surface area contributed by atoms with Gasteiger partial charge in [0.15, 0.2) is 9.04 Å². The molecule has 1 aromatic carbocycles. The molecule has 0 bridgehead atoms. The largest absolute Gasteiger partial charge is 0.433 e. The fraction of sp³-hybridized carbons (Fsp3) is 0.385. The van der Waals surface area contributed by atoms with Gasteiger partial charge in [-0.3, -0.25) is 0 Å². The van der Waals surface area contributed by atoms with E-state index in [2.05, 4.69) is 63.6 Å². The Bertz CT molecular complexity index is 392. The lowest BCUT2D eigenvalue weighted by atomic mass is 10.4. The average molecular weight is 296 g/mol. The molecule has 1 rings (SSSR count). The number of benzene rings is 1. The summed E-state index contributed by atoms with van der Waals surface area (Å²) < 4.78 is 12.5. The minimum atomic E-state index is -2.23. The molecule has 0 aliphatic carbocycles.